The molecule has 0 spiro atoms. The Hall–Kier alpha value is -0.150. The van der Waals surface area contributed by atoms with Crippen molar-refractivity contribution in [2.75, 3.05) is 5.32 Å². The van der Waals surface area contributed by atoms with Crippen molar-refractivity contribution in [2.45, 2.75) is 0 Å². The molecule has 0 radical (unpaired) electrons. The molecular weight excluding hydrogens is 448 g/mol. The minimum Gasteiger partial charge on any atom is -0.321 e. The zero-order chi connectivity index (χ0) is 11.5. The van der Waals surface area contributed by atoms with Crippen molar-refractivity contribution >= 4 is 68.1 Å². The Bertz CT molecular complexity index is 524. The Morgan fingerprint density at radius 2 is 2.00 bits per heavy atom. The first-order chi connectivity index (χ1) is 7.66. The molecule has 2 rings (SSSR count). The molecule has 16 heavy (non-hydrogen) atoms. The molecule has 82 valence electrons. The summed E-state index contributed by atoms with van der Waals surface area (Å²) in [6.07, 6.45) is 0. The normalized spacial score (nSPS) is 10.1. The summed E-state index contributed by atoms with van der Waals surface area (Å²) in [4.78, 5) is 11.9. The Balaban J connectivity index is 2.17. The number of anilines is 1. The second kappa shape index (κ2) is 5.46. The summed E-state index contributed by atoms with van der Waals surface area (Å²) in [5, 5.41) is 4.76. The van der Waals surface area contributed by atoms with Gasteiger partial charge in [-0.2, -0.15) is 0 Å². The van der Waals surface area contributed by atoms with Crippen LogP contribution in [-0.4, -0.2) is 5.91 Å². The molecule has 0 bridgehead atoms. The maximum atomic E-state index is 11.9. The van der Waals surface area contributed by atoms with Gasteiger partial charge >= 0.3 is 0 Å². The maximum absolute atomic E-state index is 11.9. The highest BCUT2D eigenvalue weighted by Gasteiger charge is 2.09. The number of amides is 1. The first-order valence-corrected chi connectivity index (χ1v) is 7.50. The second-order valence-electron chi connectivity index (χ2n) is 3.07. The third-order valence-corrected chi connectivity index (χ3v) is 4.68. The predicted molar refractivity (Wildman–Crippen MR) is 84.1 cm³/mol. The SMILES string of the molecule is O=C(Nc1ccccc1I)c1csc(I)c1. The molecule has 0 aliphatic rings. The summed E-state index contributed by atoms with van der Waals surface area (Å²) in [5.41, 5.74) is 1.57. The van der Waals surface area contributed by atoms with Crippen LogP contribution in [0.5, 0.6) is 0 Å². The Labute approximate surface area is 125 Å². The number of hydrogen-bond acceptors (Lipinski definition) is 2. The number of nitrogens with one attached hydrogen (secondary N) is 1. The van der Waals surface area contributed by atoms with E-state index >= 15 is 0 Å². The van der Waals surface area contributed by atoms with Gasteiger partial charge in [-0.3, -0.25) is 4.79 Å². The molecule has 0 unspecified atom stereocenters. The van der Waals surface area contributed by atoms with Crippen LogP contribution in [0.4, 0.5) is 5.69 Å². The molecule has 0 atom stereocenters. The van der Waals surface area contributed by atoms with Gasteiger partial charge in [-0.05, 0) is 63.4 Å². The van der Waals surface area contributed by atoms with E-state index in [1.54, 1.807) is 11.3 Å². The molecule has 2 aromatic rings. The summed E-state index contributed by atoms with van der Waals surface area (Å²) in [6, 6.07) is 9.61. The summed E-state index contributed by atoms with van der Waals surface area (Å²) in [6.45, 7) is 0. The van der Waals surface area contributed by atoms with Crippen molar-refractivity contribution in [3.8, 4) is 0 Å². The highest BCUT2D eigenvalue weighted by Crippen LogP contribution is 2.20. The van der Waals surface area contributed by atoms with Crippen molar-refractivity contribution in [3.63, 3.8) is 0 Å². The zero-order valence-corrected chi connectivity index (χ0v) is 13.2. The first kappa shape index (κ1) is 12.3. The monoisotopic (exact) mass is 455 g/mol. The molecule has 1 heterocycles. The lowest BCUT2D eigenvalue weighted by molar-refractivity contribution is 0.102. The minimum atomic E-state index is -0.0525. The Morgan fingerprint density at radius 1 is 1.25 bits per heavy atom. The van der Waals surface area contributed by atoms with E-state index in [0.717, 1.165) is 12.1 Å². The Kier molecular flexibility index (Phi) is 4.20. The van der Waals surface area contributed by atoms with Gasteiger partial charge in [0.1, 0.15) is 0 Å². The fraction of sp³-hybridized carbons (Fsp3) is 0. The molecule has 1 amide bonds. The van der Waals surface area contributed by atoms with E-state index in [-0.39, 0.29) is 5.91 Å². The molecule has 5 heteroatoms. The molecule has 0 aliphatic heterocycles. The van der Waals surface area contributed by atoms with Crippen molar-refractivity contribution in [3.05, 3.63) is 47.7 Å². The molecule has 2 nitrogen and oxygen atoms in total. The van der Waals surface area contributed by atoms with Gasteiger partial charge in [-0.15, -0.1) is 11.3 Å². The lowest BCUT2D eigenvalue weighted by Crippen LogP contribution is -2.11. The fourth-order valence-corrected chi connectivity index (χ4v) is 3.03. The largest absolute Gasteiger partial charge is 0.321 e. The van der Waals surface area contributed by atoms with Crippen LogP contribution < -0.4 is 5.32 Å². The molecule has 0 saturated carbocycles. The Morgan fingerprint density at radius 3 is 2.62 bits per heavy atom. The van der Waals surface area contributed by atoms with Crippen LogP contribution in [0.3, 0.4) is 0 Å². The highest BCUT2D eigenvalue weighted by molar-refractivity contribution is 14.1. The van der Waals surface area contributed by atoms with Crippen LogP contribution >= 0.6 is 56.5 Å². The van der Waals surface area contributed by atoms with Crippen molar-refractivity contribution in [2.24, 2.45) is 0 Å². The maximum Gasteiger partial charge on any atom is 0.256 e. The van der Waals surface area contributed by atoms with E-state index in [9.17, 15) is 4.79 Å². The third-order valence-electron chi connectivity index (χ3n) is 1.95. The van der Waals surface area contributed by atoms with Gasteiger partial charge in [0.2, 0.25) is 0 Å². The minimum absolute atomic E-state index is 0.0525. The van der Waals surface area contributed by atoms with Gasteiger partial charge in [0, 0.05) is 8.95 Å². The molecule has 1 N–H and O–H groups in total. The predicted octanol–water partition coefficient (Wildman–Crippen LogP) is 4.21. The van der Waals surface area contributed by atoms with Crippen LogP contribution in [0.15, 0.2) is 35.7 Å². The van der Waals surface area contributed by atoms with E-state index in [2.05, 4.69) is 50.5 Å². The van der Waals surface area contributed by atoms with Gasteiger partial charge in [0.15, 0.2) is 0 Å². The average molecular weight is 455 g/mol. The molecular formula is C11H7I2NOS. The summed E-state index contributed by atoms with van der Waals surface area (Å²) >= 11 is 5.98. The standard InChI is InChI=1S/C11H7I2NOS/c12-8-3-1-2-4-9(8)14-11(15)7-5-10(13)16-6-7/h1-6H,(H,14,15). The zero-order valence-electron chi connectivity index (χ0n) is 8.04. The number of thiophene rings is 1. The van der Waals surface area contributed by atoms with Crippen LogP contribution in [0.1, 0.15) is 10.4 Å². The molecule has 0 fully saturated rings. The first-order valence-electron chi connectivity index (χ1n) is 4.47. The van der Waals surface area contributed by atoms with Gasteiger partial charge in [0.05, 0.1) is 14.1 Å². The van der Waals surface area contributed by atoms with Crippen LogP contribution in [0, 0.1) is 6.45 Å². The smallest absolute Gasteiger partial charge is 0.256 e. The summed E-state index contributed by atoms with van der Waals surface area (Å²) < 4.78 is 2.16. The van der Waals surface area contributed by atoms with Gasteiger partial charge in [-0.1, -0.05) is 12.1 Å². The molecule has 1 aromatic heterocycles. The lowest BCUT2D eigenvalue weighted by Gasteiger charge is -2.05. The second-order valence-corrected chi connectivity index (χ2v) is 7.04. The number of hydrogen-bond donors (Lipinski definition) is 1. The number of halogens is 2. The van der Waals surface area contributed by atoms with Gasteiger partial charge in [0.25, 0.3) is 5.91 Å². The number of rotatable bonds is 2. The van der Waals surface area contributed by atoms with Crippen molar-refractivity contribution in [1.82, 2.24) is 0 Å². The van der Waals surface area contributed by atoms with Crippen LogP contribution in [0.25, 0.3) is 0 Å². The third kappa shape index (κ3) is 2.95. The average Bonchev–Trinajstić information content (AvgIpc) is 2.68. The summed E-state index contributed by atoms with van der Waals surface area (Å²) in [7, 11) is 0. The number of para-hydroxylation sites is 1. The number of carbonyl (C=O) groups is 1. The van der Waals surface area contributed by atoms with E-state index in [4.69, 9.17) is 0 Å². The topological polar surface area (TPSA) is 29.1 Å². The van der Waals surface area contributed by atoms with E-state index in [1.807, 2.05) is 35.7 Å². The summed E-state index contributed by atoms with van der Waals surface area (Å²) in [5.74, 6) is -0.0525. The van der Waals surface area contributed by atoms with Gasteiger partial charge in [-0.25, -0.2) is 0 Å². The highest BCUT2D eigenvalue weighted by atomic mass is 127. The quantitative estimate of drug-likeness (QED) is 0.676. The number of carbonyl (C=O) groups excluding carboxylic acids is 1. The molecule has 1 aromatic carbocycles. The van der Waals surface area contributed by atoms with Crippen molar-refractivity contribution < 1.29 is 4.79 Å². The van der Waals surface area contributed by atoms with Crippen molar-refractivity contribution in [1.29, 1.82) is 0 Å². The van der Waals surface area contributed by atoms with E-state index < -0.39 is 0 Å². The van der Waals surface area contributed by atoms with E-state index in [1.165, 1.54) is 0 Å². The van der Waals surface area contributed by atoms with E-state index in [0.29, 0.717) is 5.56 Å². The molecule has 0 aliphatic carbocycles. The molecule has 0 saturated heterocycles. The fourth-order valence-electron chi connectivity index (χ4n) is 1.19. The number of benzene rings is 1. The lowest BCUT2D eigenvalue weighted by atomic mass is 10.3. The van der Waals surface area contributed by atoms with Crippen LogP contribution in [-0.2, 0) is 0 Å². The van der Waals surface area contributed by atoms with Crippen LogP contribution in [0.2, 0.25) is 0 Å². The van der Waals surface area contributed by atoms with Gasteiger partial charge < -0.3 is 5.32 Å².